The number of nitrogens with zero attached hydrogens (tertiary/aromatic N) is 1. The van der Waals surface area contributed by atoms with E-state index in [9.17, 15) is 14.4 Å². The molecule has 0 saturated heterocycles. The van der Waals surface area contributed by atoms with E-state index in [1.54, 1.807) is 0 Å². The van der Waals surface area contributed by atoms with Crippen molar-refractivity contribution in [3.8, 4) is 0 Å². The zero-order valence-electron chi connectivity index (χ0n) is 13.1. The van der Waals surface area contributed by atoms with Gasteiger partial charge in [-0.15, -0.1) is 11.6 Å². The molecule has 0 radical (unpaired) electrons. The van der Waals surface area contributed by atoms with E-state index in [1.165, 1.54) is 31.2 Å². The van der Waals surface area contributed by atoms with E-state index < -0.39 is 17.7 Å². The summed E-state index contributed by atoms with van der Waals surface area (Å²) in [7, 11) is 0. The summed E-state index contributed by atoms with van der Waals surface area (Å²) in [4.78, 5) is 42.2. The van der Waals surface area contributed by atoms with Crippen molar-refractivity contribution in [1.29, 1.82) is 0 Å². The van der Waals surface area contributed by atoms with Gasteiger partial charge in [0.2, 0.25) is 5.91 Å². The molecule has 0 atom stereocenters. The van der Waals surface area contributed by atoms with Crippen molar-refractivity contribution in [2.75, 3.05) is 11.9 Å². The van der Waals surface area contributed by atoms with Crippen molar-refractivity contribution in [3.63, 3.8) is 0 Å². The van der Waals surface area contributed by atoms with Crippen molar-refractivity contribution in [1.82, 2.24) is 5.06 Å². The first-order valence-corrected chi connectivity index (χ1v) is 7.97. The highest BCUT2D eigenvalue weighted by atomic mass is 35.5. The quantitative estimate of drug-likeness (QED) is 0.647. The molecule has 0 aromatic heterocycles. The molecule has 25 heavy (non-hydrogen) atoms. The van der Waals surface area contributed by atoms with Gasteiger partial charge in [-0.05, 0) is 18.2 Å². The van der Waals surface area contributed by atoms with Gasteiger partial charge in [0.05, 0.1) is 28.4 Å². The summed E-state index contributed by atoms with van der Waals surface area (Å²) in [5.41, 5.74) is 0.473. The number of amides is 3. The molecule has 1 N–H and O–H groups in total. The summed E-state index contributed by atoms with van der Waals surface area (Å²) in [6.07, 6.45) is 1.41. The molecule has 0 aliphatic carbocycles. The van der Waals surface area contributed by atoms with Crippen molar-refractivity contribution >= 4 is 57.4 Å². The lowest BCUT2D eigenvalue weighted by Crippen LogP contribution is -2.40. The molecule has 1 aliphatic rings. The van der Waals surface area contributed by atoms with E-state index in [2.05, 4.69) is 11.9 Å². The summed E-state index contributed by atoms with van der Waals surface area (Å²) in [5, 5.41) is 4.37. The minimum atomic E-state index is -0.716. The first-order chi connectivity index (χ1) is 11.9. The van der Waals surface area contributed by atoms with Crippen LogP contribution in [-0.2, 0) is 9.63 Å². The maximum absolute atomic E-state index is 12.9. The molecule has 8 heteroatoms. The Morgan fingerprint density at radius 2 is 1.96 bits per heavy atom. The average molecular weight is 379 g/mol. The molecule has 3 rings (SSSR count). The lowest BCUT2D eigenvalue weighted by Gasteiger charge is -2.27. The molecule has 0 unspecified atom stereocenters. The standard InChI is InChI=1S/C17H12Cl2N2O4/c1-3-6-25-21-16(23)9-4-5-10(18)14-11(19)7-12(20-8(2)22)15(13(9)14)17(21)24/h3-5,7H,1,6H2,2H3,(H,20,22). The van der Waals surface area contributed by atoms with Crippen LogP contribution in [0, 0.1) is 0 Å². The summed E-state index contributed by atoms with van der Waals surface area (Å²) in [6.45, 7) is 4.76. The molecule has 1 heterocycles. The summed E-state index contributed by atoms with van der Waals surface area (Å²) in [5.74, 6) is -1.75. The van der Waals surface area contributed by atoms with E-state index in [4.69, 9.17) is 28.0 Å². The van der Waals surface area contributed by atoms with Gasteiger partial charge in [0.1, 0.15) is 0 Å². The SMILES string of the molecule is C=CCON1C(=O)c2ccc(Cl)c3c(Cl)cc(NC(C)=O)c(c23)C1=O. The molecule has 0 fully saturated rings. The van der Waals surface area contributed by atoms with Crippen LogP contribution in [0.4, 0.5) is 5.69 Å². The highest BCUT2D eigenvalue weighted by Gasteiger charge is 2.37. The Morgan fingerprint density at radius 1 is 1.24 bits per heavy atom. The van der Waals surface area contributed by atoms with Gasteiger partial charge < -0.3 is 5.32 Å². The van der Waals surface area contributed by atoms with Crippen LogP contribution in [0.3, 0.4) is 0 Å². The number of carbonyl (C=O) groups excluding carboxylic acids is 3. The predicted molar refractivity (Wildman–Crippen MR) is 94.9 cm³/mol. The van der Waals surface area contributed by atoms with E-state index in [0.717, 1.165) is 0 Å². The van der Waals surface area contributed by atoms with Crippen LogP contribution in [0.5, 0.6) is 0 Å². The Hall–Kier alpha value is -2.41. The lowest BCUT2D eigenvalue weighted by atomic mass is 9.93. The number of benzene rings is 2. The van der Waals surface area contributed by atoms with Gasteiger partial charge in [-0.1, -0.05) is 29.3 Å². The van der Waals surface area contributed by atoms with Crippen molar-refractivity contribution in [3.05, 3.63) is 52.0 Å². The maximum atomic E-state index is 12.9. The average Bonchev–Trinajstić information content (AvgIpc) is 2.53. The second-order valence-electron chi connectivity index (χ2n) is 5.30. The fourth-order valence-corrected chi connectivity index (χ4v) is 3.33. The highest BCUT2D eigenvalue weighted by Crippen LogP contribution is 2.42. The highest BCUT2D eigenvalue weighted by molar-refractivity contribution is 6.45. The predicted octanol–water partition coefficient (Wildman–Crippen LogP) is 3.82. The molecule has 1 aliphatic heterocycles. The number of hydroxylamine groups is 2. The molecule has 6 nitrogen and oxygen atoms in total. The number of carbonyl (C=O) groups is 3. The number of rotatable bonds is 4. The molecule has 2 aromatic carbocycles. The van der Waals surface area contributed by atoms with Crippen LogP contribution >= 0.6 is 23.2 Å². The van der Waals surface area contributed by atoms with Gasteiger partial charge in [-0.2, -0.15) is 0 Å². The summed E-state index contributed by atoms with van der Waals surface area (Å²) >= 11 is 12.5. The lowest BCUT2D eigenvalue weighted by molar-refractivity contribution is -0.114. The molecule has 0 saturated carbocycles. The molecule has 128 valence electrons. The van der Waals surface area contributed by atoms with Gasteiger partial charge >= 0.3 is 0 Å². The minimum absolute atomic E-state index is 0.0351. The number of hydrogen-bond acceptors (Lipinski definition) is 4. The van der Waals surface area contributed by atoms with Gasteiger partial charge in [0.15, 0.2) is 0 Å². The van der Waals surface area contributed by atoms with E-state index in [-0.39, 0.29) is 33.8 Å². The van der Waals surface area contributed by atoms with Crippen molar-refractivity contribution in [2.24, 2.45) is 0 Å². The third-order valence-corrected chi connectivity index (χ3v) is 4.24. The van der Waals surface area contributed by atoms with E-state index >= 15 is 0 Å². The second-order valence-corrected chi connectivity index (χ2v) is 6.11. The normalized spacial score (nSPS) is 13.3. The Kier molecular flexibility index (Phi) is 4.51. The number of nitrogens with one attached hydrogen (secondary N) is 1. The number of hydrogen-bond donors (Lipinski definition) is 1. The molecule has 3 amide bonds. The van der Waals surface area contributed by atoms with Crippen LogP contribution in [0.1, 0.15) is 27.6 Å². The number of halogens is 2. The minimum Gasteiger partial charge on any atom is -0.326 e. The van der Waals surface area contributed by atoms with E-state index in [1.807, 2.05) is 0 Å². The van der Waals surface area contributed by atoms with Gasteiger partial charge in [0.25, 0.3) is 11.8 Å². The van der Waals surface area contributed by atoms with Crippen LogP contribution in [0.25, 0.3) is 10.8 Å². The fourth-order valence-electron chi connectivity index (χ4n) is 2.71. The Morgan fingerprint density at radius 3 is 2.60 bits per heavy atom. The molecular formula is C17H12Cl2N2O4. The molecular weight excluding hydrogens is 367 g/mol. The third-order valence-electron chi connectivity index (χ3n) is 3.63. The zero-order valence-corrected chi connectivity index (χ0v) is 14.6. The second kappa shape index (κ2) is 6.48. The number of imide groups is 1. The van der Waals surface area contributed by atoms with Gasteiger partial charge in [-0.3, -0.25) is 19.2 Å². The Balaban J connectivity index is 2.37. The topological polar surface area (TPSA) is 75.7 Å². The van der Waals surface area contributed by atoms with Crippen LogP contribution in [-0.4, -0.2) is 29.4 Å². The van der Waals surface area contributed by atoms with Crippen LogP contribution in [0.15, 0.2) is 30.9 Å². The maximum Gasteiger partial charge on any atom is 0.287 e. The van der Waals surface area contributed by atoms with E-state index in [0.29, 0.717) is 15.5 Å². The molecule has 2 aromatic rings. The monoisotopic (exact) mass is 378 g/mol. The molecule has 0 bridgehead atoms. The van der Waals surface area contributed by atoms with Crippen molar-refractivity contribution in [2.45, 2.75) is 6.92 Å². The Labute approximate surface area is 152 Å². The summed E-state index contributed by atoms with van der Waals surface area (Å²) < 4.78 is 0. The zero-order chi connectivity index (χ0) is 18.3. The van der Waals surface area contributed by atoms with Crippen molar-refractivity contribution < 1.29 is 19.2 Å². The Bertz CT molecular complexity index is 956. The van der Waals surface area contributed by atoms with Gasteiger partial charge in [-0.25, -0.2) is 0 Å². The smallest absolute Gasteiger partial charge is 0.287 e. The third kappa shape index (κ3) is 2.78. The first-order valence-electron chi connectivity index (χ1n) is 7.21. The molecule has 0 spiro atoms. The number of anilines is 1. The summed E-state index contributed by atoms with van der Waals surface area (Å²) in [6, 6.07) is 4.43. The first kappa shape index (κ1) is 17.4. The largest absolute Gasteiger partial charge is 0.326 e. The van der Waals surface area contributed by atoms with Crippen LogP contribution < -0.4 is 5.32 Å². The fraction of sp³-hybridized carbons (Fsp3) is 0.118. The van der Waals surface area contributed by atoms with Gasteiger partial charge in [0, 0.05) is 22.7 Å². The van der Waals surface area contributed by atoms with Crippen LogP contribution in [0.2, 0.25) is 10.0 Å².